The second-order valence-corrected chi connectivity index (χ2v) is 12.6. The maximum Gasteiger partial charge on any atom is 0.406 e. The van der Waals surface area contributed by atoms with Gasteiger partial charge in [0.25, 0.3) is 5.91 Å². The number of hydrogen-bond donors (Lipinski definition) is 2. The van der Waals surface area contributed by atoms with E-state index < -0.39 is 30.8 Å². The Morgan fingerprint density at radius 2 is 2.02 bits per heavy atom. The van der Waals surface area contributed by atoms with Crippen LogP contribution in [0.1, 0.15) is 47.6 Å². The topological polar surface area (TPSA) is 110 Å². The lowest BCUT2D eigenvalue weighted by atomic mass is 9.83. The minimum absolute atomic E-state index is 0.0222. The van der Waals surface area contributed by atoms with Gasteiger partial charge in [0.05, 0.1) is 28.8 Å². The molecule has 2 aliphatic rings. The summed E-state index contributed by atoms with van der Waals surface area (Å²) in [5.41, 5.74) is 1.02. The normalized spacial score (nSPS) is 21.0. The van der Waals surface area contributed by atoms with Gasteiger partial charge in [-0.15, -0.1) is 11.3 Å². The third-order valence-corrected chi connectivity index (χ3v) is 9.46. The monoisotopic (exact) mass is 635 g/mol. The van der Waals surface area contributed by atoms with Crippen LogP contribution in [0.15, 0.2) is 34.2 Å². The number of alkyl halides is 4. The molecule has 2 saturated heterocycles. The Hall–Kier alpha value is -3.56. The van der Waals surface area contributed by atoms with Crippen LogP contribution >= 0.6 is 11.3 Å². The number of piperidine rings is 1. The van der Waals surface area contributed by atoms with Crippen LogP contribution in [-0.2, 0) is 23.2 Å². The Balaban J connectivity index is 1.21. The van der Waals surface area contributed by atoms with Crippen LogP contribution in [0.3, 0.4) is 0 Å². The number of rotatable bonds is 8. The predicted molar refractivity (Wildman–Crippen MR) is 156 cm³/mol. The summed E-state index contributed by atoms with van der Waals surface area (Å²) in [5, 5.41) is 12.9. The second-order valence-electron chi connectivity index (χ2n) is 11.7. The number of halogens is 4. The highest BCUT2D eigenvalue weighted by Crippen LogP contribution is 2.37. The summed E-state index contributed by atoms with van der Waals surface area (Å²) in [6.45, 7) is 2.96. The van der Waals surface area contributed by atoms with Gasteiger partial charge in [0, 0.05) is 48.2 Å². The van der Waals surface area contributed by atoms with Crippen LogP contribution in [0.4, 0.5) is 23.2 Å². The summed E-state index contributed by atoms with van der Waals surface area (Å²) in [7, 11) is 1.85. The third kappa shape index (κ3) is 6.44. The molecule has 44 heavy (non-hydrogen) atoms. The van der Waals surface area contributed by atoms with Crippen molar-refractivity contribution in [1.82, 2.24) is 29.9 Å². The van der Waals surface area contributed by atoms with E-state index in [0.717, 1.165) is 22.4 Å². The first-order valence-corrected chi connectivity index (χ1v) is 15.3. The number of nitrogens with one attached hydrogen (secondary N) is 2. The number of amides is 1. The number of benzene rings is 1. The molecule has 6 rings (SSSR count). The Morgan fingerprint density at radius 3 is 2.77 bits per heavy atom. The molecule has 15 heteroatoms. The zero-order valence-corrected chi connectivity index (χ0v) is 25.1. The first kappa shape index (κ1) is 30.5. The predicted octanol–water partition coefficient (Wildman–Crippen LogP) is 5.16. The molecule has 2 N–H and O–H groups in total. The van der Waals surface area contributed by atoms with Gasteiger partial charge >= 0.3 is 6.18 Å². The summed E-state index contributed by atoms with van der Waals surface area (Å²) in [4.78, 5) is 23.6. The number of carbonyl (C=O) groups is 1. The van der Waals surface area contributed by atoms with Gasteiger partial charge in [-0.05, 0) is 44.5 Å². The van der Waals surface area contributed by atoms with Gasteiger partial charge < -0.3 is 29.4 Å². The third-order valence-electron chi connectivity index (χ3n) is 8.32. The van der Waals surface area contributed by atoms with E-state index in [1.165, 1.54) is 11.3 Å². The molecule has 2 atom stereocenters. The van der Waals surface area contributed by atoms with Gasteiger partial charge in [-0.1, -0.05) is 18.1 Å². The lowest BCUT2D eigenvalue weighted by Crippen LogP contribution is -2.46. The number of nitrogens with zero attached hydrogens (tertiary/aromatic N) is 5. The van der Waals surface area contributed by atoms with Crippen LogP contribution in [-0.4, -0.2) is 82.2 Å². The molecule has 0 saturated carbocycles. The molecule has 0 aliphatic carbocycles. The highest BCUT2D eigenvalue weighted by Gasteiger charge is 2.34. The first-order chi connectivity index (χ1) is 21.0. The molecule has 10 nitrogen and oxygen atoms in total. The van der Waals surface area contributed by atoms with E-state index in [4.69, 9.17) is 9.26 Å². The lowest BCUT2D eigenvalue weighted by molar-refractivity contribution is -0.139. The molecule has 236 valence electrons. The second kappa shape index (κ2) is 12.1. The lowest BCUT2D eigenvalue weighted by Gasteiger charge is -2.33. The largest absolute Gasteiger partial charge is 0.406 e. The molecular formula is C29H33F4N7O3S. The molecular weight excluding hydrogens is 602 g/mol. The Labute approximate surface area is 254 Å². The van der Waals surface area contributed by atoms with Crippen molar-refractivity contribution < 1.29 is 31.6 Å². The fraction of sp³-hybridized carbons (Fsp3) is 0.517. The zero-order valence-electron chi connectivity index (χ0n) is 24.3. The minimum Gasteiger partial charge on any atom is -0.381 e. The Bertz CT molecular complexity index is 1630. The van der Waals surface area contributed by atoms with Crippen LogP contribution in [0.2, 0.25) is 0 Å². The molecule has 5 heterocycles. The van der Waals surface area contributed by atoms with E-state index in [-0.39, 0.29) is 41.6 Å². The molecule has 1 aromatic carbocycles. The van der Waals surface area contributed by atoms with Gasteiger partial charge in [0.1, 0.15) is 18.4 Å². The van der Waals surface area contributed by atoms with Crippen molar-refractivity contribution in [2.75, 3.05) is 38.7 Å². The fourth-order valence-electron chi connectivity index (χ4n) is 5.73. The summed E-state index contributed by atoms with van der Waals surface area (Å²) in [6, 6.07) is 6.00. The first-order valence-electron chi connectivity index (χ1n) is 14.4. The van der Waals surface area contributed by atoms with E-state index >= 15 is 0 Å². The maximum absolute atomic E-state index is 14.8. The summed E-state index contributed by atoms with van der Waals surface area (Å²) < 4.78 is 67.7. The van der Waals surface area contributed by atoms with Crippen molar-refractivity contribution in [2.45, 2.75) is 63.1 Å². The molecule has 2 aliphatic heterocycles. The van der Waals surface area contributed by atoms with Crippen molar-refractivity contribution in [3.05, 3.63) is 46.2 Å². The molecule has 0 radical (unpaired) electrons. The Morgan fingerprint density at radius 1 is 1.23 bits per heavy atom. The number of thiazole rings is 1. The summed E-state index contributed by atoms with van der Waals surface area (Å²) in [6.07, 6.45) is -3.46. The number of aromatic nitrogens is 4. The van der Waals surface area contributed by atoms with Gasteiger partial charge in [-0.3, -0.25) is 4.79 Å². The molecule has 0 bridgehead atoms. The molecule has 3 aromatic heterocycles. The number of carbonyl (C=O) groups excluding carboxylic acids is 1. The van der Waals surface area contributed by atoms with Gasteiger partial charge in [0.2, 0.25) is 11.7 Å². The SMILES string of the molecule is CN1CC[C@@H](Nc2cccc3c2cc(-c2noc(CNC(=O)c4csc(C5(C)CCOCC5)n4)n2)n3CC(F)(F)F)[C@@H](F)C1. The van der Waals surface area contributed by atoms with Gasteiger partial charge in [-0.2, -0.15) is 18.2 Å². The number of likely N-dealkylation sites (tertiary alicyclic amines) is 1. The van der Waals surface area contributed by atoms with Gasteiger partial charge in [-0.25, -0.2) is 9.37 Å². The molecule has 1 amide bonds. The van der Waals surface area contributed by atoms with Crippen LogP contribution in [0.25, 0.3) is 22.4 Å². The van der Waals surface area contributed by atoms with E-state index in [0.29, 0.717) is 42.8 Å². The standard InChI is InChI=1S/C29H33F4N7O3S/c1-28(7-10-42-11-8-28)27-36-21(15-44-27)26(41)34-13-24-37-25(38-43-24)23-12-17-19(35-20-6-9-39(2)14-18(20)30)4-3-5-22(17)40(23)16-29(31,32)33/h3-5,12,15,18,20,35H,6-11,13-14,16H2,1-2H3,(H,34,41)/t18-,20+/m0/s1. The fourth-order valence-corrected chi connectivity index (χ4v) is 6.76. The van der Waals surface area contributed by atoms with Crippen LogP contribution in [0, 0.1) is 0 Å². The smallest absolute Gasteiger partial charge is 0.381 e. The number of ether oxygens (including phenoxy) is 1. The maximum atomic E-state index is 14.8. The number of anilines is 1. The zero-order chi connectivity index (χ0) is 31.1. The average Bonchev–Trinajstić information content (AvgIpc) is 3.73. The Kier molecular flexibility index (Phi) is 8.37. The van der Waals surface area contributed by atoms with Crippen LogP contribution in [0.5, 0.6) is 0 Å². The van der Waals surface area contributed by atoms with E-state index in [1.807, 2.05) is 11.9 Å². The quantitative estimate of drug-likeness (QED) is 0.256. The van der Waals surface area contributed by atoms with E-state index in [2.05, 4.69) is 32.7 Å². The molecule has 0 unspecified atom stereocenters. The van der Waals surface area contributed by atoms with Crippen molar-refractivity contribution >= 4 is 33.8 Å². The highest BCUT2D eigenvalue weighted by atomic mass is 32.1. The van der Waals surface area contributed by atoms with Crippen molar-refractivity contribution in [3.8, 4) is 11.5 Å². The number of hydrogen-bond acceptors (Lipinski definition) is 9. The number of fused-ring (bicyclic) bond motifs is 1. The molecule has 4 aromatic rings. The average molecular weight is 636 g/mol. The summed E-state index contributed by atoms with van der Waals surface area (Å²) in [5.74, 6) is -0.467. The minimum atomic E-state index is -4.53. The highest BCUT2D eigenvalue weighted by molar-refractivity contribution is 7.10. The van der Waals surface area contributed by atoms with E-state index in [9.17, 15) is 22.4 Å². The van der Waals surface area contributed by atoms with E-state index in [1.54, 1.807) is 29.6 Å². The summed E-state index contributed by atoms with van der Waals surface area (Å²) >= 11 is 1.42. The molecule has 2 fully saturated rings. The van der Waals surface area contributed by atoms with Crippen molar-refractivity contribution in [2.24, 2.45) is 0 Å². The van der Waals surface area contributed by atoms with Crippen molar-refractivity contribution in [3.63, 3.8) is 0 Å². The van der Waals surface area contributed by atoms with Crippen molar-refractivity contribution in [1.29, 1.82) is 0 Å². The molecule has 0 spiro atoms. The van der Waals surface area contributed by atoms with Crippen LogP contribution < -0.4 is 10.6 Å². The van der Waals surface area contributed by atoms with Gasteiger partial charge in [0.15, 0.2) is 0 Å².